The highest BCUT2D eigenvalue weighted by molar-refractivity contribution is 6.33. The summed E-state index contributed by atoms with van der Waals surface area (Å²) in [6.07, 6.45) is -0.474. The van der Waals surface area contributed by atoms with Crippen LogP contribution in [0.15, 0.2) is 30.9 Å². The van der Waals surface area contributed by atoms with Gasteiger partial charge in [0.15, 0.2) is 0 Å². The number of hydrogen-bond acceptors (Lipinski definition) is 5. The second-order valence-electron chi connectivity index (χ2n) is 5.07. The SMILES string of the molecule is FC(F)(F)c1cnc(N2CCN(c3ccncn3)CC2)c(Cl)c1. The zero-order valence-electron chi connectivity index (χ0n) is 12.0. The van der Waals surface area contributed by atoms with E-state index in [0.29, 0.717) is 32.0 Å². The van der Waals surface area contributed by atoms with E-state index in [9.17, 15) is 13.2 Å². The normalized spacial score (nSPS) is 15.8. The Bertz CT molecular complexity index is 672. The zero-order chi connectivity index (χ0) is 16.4. The van der Waals surface area contributed by atoms with Crippen molar-refractivity contribution in [3.8, 4) is 0 Å². The van der Waals surface area contributed by atoms with E-state index in [1.54, 1.807) is 6.20 Å². The van der Waals surface area contributed by atoms with E-state index in [1.807, 2.05) is 11.0 Å². The van der Waals surface area contributed by atoms with Crippen molar-refractivity contribution in [3.05, 3.63) is 41.4 Å². The summed E-state index contributed by atoms with van der Waals surface area (Å²) in [5.41, 5.74) is -0.842. The zero-order valence-corrected chi connectivity index (χ0v) is 12.7. The number of aromatic nitrogens is 3. The molecule has 23 heavy (non-hydrogen) atoms. The molecule has 0 spiro atoms. The van der Waals surface area contributed by atoms with Crippen LogP contribution < -0.4 is 9.80 Å². The minimum absolute atomic E-state index is 0.00955. The van der Waals surface area contributed by atoms with Gasteiger partial charge in [-0.05, 0) is 12.1 Å². The number of pyridine rings is 1. The van der Waals surface area contributed by atoms with Gasteiger partial charge in [0, 0.05) is 38.6 Å². The molecule has 3 heterocycles. The lowest BCUT2D eigenvalue weighted by Gasteiger charge is -2.36. The summed E-state index contributed by atoms with van der Waals surface area (Å²) in [6, 6.07) is 2.74. The van der Waals surface area contributed by atoms with Gasteiger partial charge >= 0.3 is 6.18 Å². The molecule has 122 valence electrons. The van der Waals surface area contributed by atoms with Crippen molar-refractivity contribution in [3.63, 3.8) is 0 Å². The molecule has 0 bridgehead atoms. The minimum Gasteiger partial charge on any atom is -0.353 e. The Morgan fingerprint density at radius 1 is 1.04 bits per heavy atom. The minimum atomic E-state index is -4.44. The van der Waals surface area contributed by atoms with Crippen LogP contribution >= 0.6 is 11.6 Å². The number of halogens is 4. The van der Waals surface area contributed by atoms with Gasteiger partial charge in [-0.3, -0.25) is 0 Å². The first-order valence-electron chi connectivity index (χ1n) is 6.94. The highest BCUT2D eigenvalue weighted by atomic mass is 35.5. The number of anilines is 2. The van der Waals surface area contributed by atoms with Gasteiger partial charge in [0.25, 0.3) is 0 Å². The first kappa shape index (κ1) is 15.8. The van der Waals surface area contributed by atoms with Crippen LogP contribution in [0.5, 0.6) is 0 Å². The summed E-state index contributed by atoms with van der Waals surface area (Å²) < 4.78 is 37.9. The average Bonchev–Trinajstić information content (AvgIpc) is 2.55. The van der Waals surface area contributed by atoms with Gasteiger partial charge in [-0.2, -0.15) is 13.2 Å². The topological polar surface area (TPSA) is 45.2 Å². The van der Waals surface area contributed by atoms with Gasteiger partial charge in [0.2, 0.25) is 0 Å². The Labute approximate surface area is 135 Å². The first-order chi connectivity index (χ1) is 10.9. The Morgan fingerprint density at radius 3 is 2.30 bits per heavy atom. The molecule has 1 saturated heterocycles. The average molecular weight is 344 g/mol. The standard InChI is InChI=1S/C14H13ClF3N5/c15-11-7-10(14(16,17)18)8-20-13(11)23-5-3-22(4-6-23)12-1-2-19-9-21-12/h1-2,7-9H,3-6H2. The van der Waals surface area contributed by atoms with Crippen molar-refractivity contribution in [2.75, 3.05) is 36.0 Å². The lowest BCUT2D eigenvalue weighted by Crippen LogP contribution is -2.47. The fourth-order valence-corrected chi connectivity index (χ4v) is 2.72. The van der Waals surface area contributed by atoms with Crippen LogP contribution in [0.25, 0.3) is 0 Å². The van der Waals surface area contributed by atoms with Crippen LogP contribution in [-0.2, 0) is 6.18 Å². The van der Waals surface area contributed by atoms with E-state index in [0.717, 1.165) is 18.1 Å². The van der Waals surface area contributed by atoms with Crippen LogP contribution in [0.1, 0.15) is 5.56 Å². The van der Waals surface area contributed by atoms with Crippen LogP contribution in [0.3, 0.4) is 0 Å². The van der Waals surface area contributed by atoms with E-state index < -0.39 is 11.7 Å². The Kier molecular flexibility index (Phi) is 4.25. The van der Waals surface area contributed by atoms with E-state index in [-0.39, 0.29) is 5.02 Å². The maximum atomic E-state index is 12.6. The first-order valence-corrected chi connectivity index (χ1v) is 7.31. The number of piperazine rings is 1. The predicted octanol–water partition coefficient (Wildman–Crippen LogP) is 2.87. The summed E-state index contributed by atoms with van der Waals surface area (Å²) in [7, 11) is 0. The maximum absolute atomic E-state index is 12.6. The summed E-state index contributed by atoms with van der Waals surface area (Å²) in [5, 5.41) is 0.00955. The molecule has 9 heteroatoms. The molecule has 0 aliphatic carbocycles. The monoisotopic (exact) mass is 343 g/mol. The van der Waals surface area contributed by atoms with E-state index >= 15 is 0 Å². The molecule has 1 aliphatic heterocycles. The highest BCUT2D eigenvalue weighted by Crippen LogP contribution is 2.33. The molecule has 3 rings (SSSR count). The molecule has 0 saturated carbocycles. The Hall–Kier alpha value is -2.09. The summed E-state index contributed by atoms with van der Waals surface area (Å²) >= 11 is 5.98. The molecule has 0 atom stereocenters. The second kappa shape index (κ2) is 6.19. The van der Waals surface area contributed by atoms with Crippen LogP contribution in [0.4, 0.5) is 24.8 Å². The Balaban J connectivity index is 1.71. The van der Waals surface area contributed by atoms with Gasteiger partial charge in [0.1, 0.15) is 18.0 Å². The third-order valence-electron chi connectivity index (χ3n) is 3.62. The lowest BCUT2D eigenvalue weighted by atomic mass is 10.2. The van der Waals surface area contributed by atoms with Crippen molar-refractivity contribution >= 4 is 23.2 Å². The number of nitrogens with zero attached hydrogens (tertiary/aromatic N) is 5. The van der Waals surface area contributed by atoms with Crippen molar-refractivity contribution in [2.24, 2.45) is 0 Å². The molecular formula is C14H13ClF3N5. The summed E-state index contributed by atoms with van der Waals surface area (Å²) in [4.78, 5) is 15.9. The Morgan fingerprint density at radius 2 is 1.74 bits per heavy atom. The third-order valence-corrected chi connectivity index (χ3v) is 3.90. The fourth-order valence-electron chi connectivity index (χ4n) is 2.44. The molecule has 2 aromatic rings. The molecule has 5 nitrogen and oxygen atoms in total. The largest absolute Gasteiger partial charge is 0.417 e. The van der Waals surface area contributed by atoms with E-state index in [2.05, 4.69) is 19.9 Å². The molecule has 0 aromatic carbocycles. The van der Waals surface area contributed by atoms with Gasteiger partial charge < -0.3 is 9.80 Å². The fraction of sp³-hybridized carbons (Fsp3) is 0.357. The van der Waals surface area contributed by atoms with Crippen molar-refractivity contribution in [2.45, 2.75) is 6.18 Å². The van der Waals surface area contributed by atoms with Crippen molar-refractivity contribution < 1.29 is 13.2 Å². The van der Waals surface area contributed by atoms with Gasteiger partial charge in [0.05, 0.1) is 10.6 Å². The van der Waals surface area contributed by atoms with Crippen molar-refractivity contribution in [1.29, 1.82) is 0 Å². The molecular weight excluding hydrogens is 331 g/mol. The summed E-state index contributed by atoms with van der Waals surface area (Å²) in [6.45, 7) is 2.55. The quantitative estimate of drug-likeness (QED) is 0.839. The number of rotatable bonds is 2. The molecule has 0 radical (unpaired) electrons. The third kappa shape index (κ3) is 3.47. The maximum Gasteiger partial charge on any atom is 0.417 e. The van der Waals surface area contributed by atoms with Crippen molar-refractivity contribution in [1.82, 2.24) is 15.0 Å². The highest BCUT2D eigenvalue weighted by Gasteiger charge is 2.32. The number of hydrogen-bond donors (Lipinski definition) is 0. The second-order valence-corrected chi connectivity index (χ2v) is 5.48. The van der Waals surface area contributed by atoms with E-state index in [1.165, 1.54) is 6.33 Å². The van der Waals surface area contributed by atoms with E-state index in [4.69, 9.17) is 11.6 Å². The molecule has 1 aliphatic rings. The molecule has 2 aromatic heterocycles. The van der Waals surface area contributed by atoms with Crippen LogP contribution in [0, 0.1) is 0 Å². The van der Waals surface area contributed by atoms with Crippen LogP contribution in [-0.4, -0.2) is 41.1 Å². The molecule has 0 N–H and O–H groups in total. The summed E-state index contributed by atoms with van der Waals surface area (Å²) in [5.74, 6) is 1.20. The molecule has 0 unspecified atom stereocenters. The molecule has 1 fully saturated rings. The number of alkyl halides is 3. The van der Waals surface area contributed by atoms with Gasteiger partial charge in [-0.1, -0.05) is 11.6 Å². The van der Waals surface area contributed by atoms with Gasteiger partial charge in [-0.15, -0.1) is 0 Å². The van der Waals surface area contributed by atoms with Crippen LogP contribution in [0.2, 0.25) is 5.02 Å². The predicted molar refractivity (Wildman–Crippen MR) is 80.7 cm³/mol. The lowest BCUT2D eigenvalue weighted by molar-refractivity contribution is -0.137. The van der Waals surface area contributed by atoms with Gasteiger partial charge in [-0.25, -0.2) is 15.0 Å². The smallest absolute Gasteiger partial charge is 0.353 e. The molecule has 0 amide bonds.